The summed E-state index contributed by atoms with van der Waals surface area (Å²) in [7, 11) is 0. The lowest BCUT2D eigenvalue weighted by molar-refractivity contribution is 0.0757. The van der Waals surface area contributed by atoms with Gasteiger partial charge in [-0.1, -0.05) is 37.0 Å². The molecule has 0 radical (unpaired) electrons. The molecule has 3 nitrogen and oxygen atoms in total. The summed E-state index contributed by atoms with van der Waals surface area (Å²) >= 11 is 12.1. The van der Waals surface area contributed by atoms with Crippen molar-refractivity contribution in [3.8, 4) is 0 Å². The van der Waals surface area contributed by atoms with Gasteiger partial charge in [-0.05, 0) is 36.8 Å². The van der Waals surface area contributed by atoms with Crippen molar-refractivity contribution >= 4 is 34.8 Å². The van der Waals surface area contributed by atoms with Crippen LogP contribution in [0.2, 0.25) is 10.0 Å². The lowest BCUT2D eigenvalue weighted by Gasteiger charge is -2.24. The summed E-state index contributed by atoms with van der Waals surface area (Å²) in [6.07, 6.45) is 3.13. The van der Waals surface area contributed by atoms with Crippen molar-refractivity contribution in [3.63, 3.8) is 0 Å². The number of amides is 1. The zero-order valence-corrected chi connectivity index (χ0v) is 13.4. The molecule has 1 aromatic carbocycles. The average molecular weight is 315 g/mol. The van der Waals surface area contributed by atoms with E-state index in [2.05, 4.69) is 13.8 Å². The van der Waals surface area contributed by atoms with E-state index in [0.717, 1.165) is 32.4 Å². The molecule has 0 saturated carbocycles. The molecule has 5 heteroatoms. The standard InChI is InChI=1S/C15H20Cl2N2O/c1-15(2)4-3-6-19(7-5-15)14(20)11-8-10(18)9-12(16)13(11)17/h8-9H,3-7,18H2,1-2H3. The van der Waals surface area contributed by atoms with Crippen molar-refractivity contribution in [3.05, 3.63) is 27.7 Å². The van der Waals surface area contributed by atoms with Crippen LogP contribution in [0.1, 0.15) is 43.5 Å². The summed E-state index contributed by atoms with van der Waals surface area (Å²) in [6.45, 7) is 5.98. The molecule has 1 aliphatic heterocycles. The van der Waals surface area contributed by atoms with E-state index >= 15 is 0 Å². The van der Waals surface area contributed by atoms with Crippen molar-refractivity contribution < 1.29 is 4.79 Å². The minimum Gasteiger partial charge on any atom is -0.399 e. The van der Waals surface area contributed by atoms with E-state index < -0.39 is 0 Å². The number of benzene rings is 1. The SMILES string of the molecule is CC1(C)CCCN(C(=O)c2cc(N)cc(Cl)c2Cl)CC1. The van der Waals surface area contributed by atoms with Crippen LogP contribution in [0.3, 0.4) is 0 Å². The van der Waals surface area contributed by atoms with E-state index in [1.54, 1.807) is 12.1 Å². The zero-order chi connectivity index (χ0) is 14.9. The fraction of sp³-hybridized carbons (Fsp3) is 0.533. The van der Waals surface area contributed by atoms with Gasteiger partial charge in [0.25, 0.3) is 5.91 Å². The summed E-state index contributed by atoms with van der Waals surface area (Å²) in [6, 6.07) is 3.17. The Morgan fingerprint density at radius 2 is 1.95 bits per heavy atom. The molecule has 0 bridgehead atoms. The van der Waals surface area contributed by atoms with E-state index in [4.69, 9.17) is 28.9 Å². The number of anilines is 1. The molecule has 1 aromatic rings. The molecule has 0 spiro atoms. The lowest BCUT2D eigenvalue weighted by Crippen LogP contribution is -2.32. The molecule has 0 atom stereocenters. The second-order valence-corrected chi connectivity index (χ2v) is 6.96. The van der Waals surface area contributed by atoms with E-state index in [-0.39, 0.29) is 16.3 Å². The molecule has 1 heterocycles. The van der Waals surface area contributed by atoms with Crippen molar-refractivity contribution in [1.82, 2.24) is 4.90 Å². The van der Waals surface area contributed by atoms with Crippen molar-refractivity contribution in [1.29, 1.82) is 0 Å². The highest BCUT2D eigenvalue weighted by atomic mass is 35.5. The van der Waals surface area contributed by atoms with Crippen LogP contribution in [0.25, 0.3) is 0 Å². The normalized spacial score (nSPS) is 18.7. The number of rotatable bonds is 1. The number of carbonyl (C=O) groups excluding carboxylic acids is 1. The Bertz CT molecular complexity index is 529. The first-order valence-corrected chi connectivity index (χ1v) is 7.59. The van der Waals surface area contributed by atoms with Gasteiger partial charge >= 0.3 is 0 Å². The quantitative estimate of drug-likeness (QED) is 0.788. The number of carbonyl (C=O) groups is 1. The van der Waals surface area contributed by atoms with Crippen LogP contribution in [-0.2, 0) is 0 Å². The summed E-state index contributed by atoms with van der Waals surface area (Å²) in [4.78, 5) is 14.5. The second-order valence-electron chi connectivity index (χ2n) is 6.17. The van der Waals surface area contributed by atoms with Crippen LogP contribution in [0.4, 0.5) is 5.69 Å². The van der Waals surface area contributed by atoms with Crippen molar-refractivity contribution in [2.24, 2.45) is 5.41 Å². The zero-order valence-electron chi connectivity index (χ0n) is 11.9. The van der Waals surface area contributed by atoms with Crippen molar-refractivity contribution in [2.75, 3.05) is 18.8 Å². The predicted molar refractivity (Wildman–Crippen MR) is 84.4 cm³/mol. The number of nitrogen functional groups attached to an aromatic ring is 1. The number of hydrogen-bond acceptors (Lipinski definition) is 2. The van der Waals surface area contributed by atoms with Gasteiger partial charge in [-0.3, -0.25) is 4.79 Å². The van der Waals surface area contributed by atoms with Crippen LogP contribution in [0, 0.1) is 5.41 Å². The monoisotopic (exact) mass is 314 g/mol. The molecule has 0 unspecified atom stereocenters. The Labute approximate surface area is 130 Å². The van der Waals surface area contributed by atoms with Gasteiger partial charge in [0, 0.05) is 18.8 Å². The van der Waals surface area contributed by atoms with Crippen LogP contribution in [0.5, 0.6) is 0 Å². The Morgan fingerprint density at radius 3 is 2.65 bits per heavy atom. The molecule has 1 amide bonds. The molecule has 2 rings (SSSR count). The molecule has 0 aliphatic carbocycles. The van der Waals surface area contributed by atoms with Gasteiger partial charge in [0.2, 0.25) is 0 Å². The molecule has 1 fully saturated rings. The largest absolute Gasteiger partial charge is 0.399 e. The maximum atomic E-state index is 12.6. The molecule has 110 valence electrons. The summed E-state index contributed by atoms with van der Waals surface area (Å²) < 4.78 is 0. The van der Waals surface area contributed by atoms with E-state index in [1.807, 2.05) is 4.90 Å². The van der Waals surface area contributed by atoms with Crippen LogP contribution >= 0.6 is 23.2 Å². The molecule has 20 heavy (non-hydrogen) atoms. The third kappa shape index (κ3) is 3.39. The van der Waals surface area contributed by atoms with Gasteiger partial charge in [-0.2, -0.15) is 0 Å². The van der Waals surface area contributed by atoms with Crippen LogP contribution < -0.4 is 5.73 Å². The highest BCUT2D eigenvalue weighted by Crippen LogP contribution is 2.33. The van der Waals surface area contributed by atoms with Crippen LogP contribution in [-0.4, -0.2) is 23.9 Å². The molecular formula is C15H20Cl2N2O. The fourth-order valence-electron chi connectivity index (χ4n) is 2.56. The molecule has 1 aliphatic rings. The first-order valence-electron chi connectivity index (χ1n) is 6.84. The first kappa shape index (κ1) is 15.5. The topological polar surface area (TPSA) is 46.3 Å². The summed E-state index contributed by atoms with van der Waals surface area (Å²) in [5.41, 5.74) is 6.90. The minimum absolute atomic E-state index is 0.0816. The average Bonchev–Trinajstić information content (AvgIpc) is 2.54. The van der Waals surface area contributed by atoms with Gasteiger partial charge in [0.1, 0.15) is 0 Å². The van der Waals surface area contributed by atoms with Gasteiger partial charge in [-0.25, -0.2) is 0 Å². The van der Waals surface area contributed by atoms with Gasteiger partial charge in [0.05, 0.1) is 15.6 Å². The number of halogens is 2. The van der Waals surface area contributed by atoms with E-state index in [9.17, 15) is 4.79 Å². The Hall–Kier alpha value is -0.930. The third-order valence-electron chi connectivity index (χ3n) is 3.91. The first-order chi connectivity index (χ1) is 9.30. The lowest BCUT2D eigenvalue weighted by atomic mass is 9.85. The Morgan fingerprint density at radius 1 is 1.25 bits per heavy atom. The molecule has 1 saturated heterocycles. The Kier molecular flexibility index (Phi) is 4.50. The smallest absolute Gasteiger partial charge is 0.255 e. The highest BCUT2D eigenvalue weighted by Gasteiger charge is 2.27. The van der Waals surface area contributed by atoms with Crippen LogP contribution in [0.15, 0.2) is 12.1 Å². The highest BCUT2D eigenvalue weighted by molar-refractivity contribution is 6.44. The molecule has 0 aromatic heterocycles. The molecular weight excluding hydrogens is 295 g/mol. The number of hydrogen-bond donors (Lipinski definition) is 1. The maximum Gasteiger partial charge on any atom is 0.255 e. The number of likely N-dealkylation sites (tertiary alicyclic amines) is 1. The van der Waals surface area contributed by atoms with Gasteiger partial charge in [-0.15, -0.1) is 0 Å². The van der Waals surface area contributed by atoms with Gasteiger partial charge in [0.15, 0.2) is 0 Å². The fourth-order valence-corrected chi connectivity index (χ4v) is 2.98. The van der Waals surface area contributed by atoms with E-state index in [0.29, 0.717) is 16.3 Å². The summed E-state index contributed by atoms with van der Waals surface area (Å²) in [5.74, 6) is -0.0816. The third-order valence-corrected chi connectivity index (χ3v) is 4.71. The second kappa shape index (κ2) is 5.82. The minimum atomic E-state index is -0.0816. The Balaban J connectivity index is 2.23. The number of nitrogens with two attached hydrogens (primary N) is 1. The van der Waals surface area contributed by atoms with Gasteiger partial charge < -0.3 is 10.6 Å². The molecule has 2 N–H and O–H groups in total. The number of nitrogens with zero attached hydrogens (tertiary/aromatic N) is 1. The van der Waals surface area contributed by atoms with E-state index in [1.165, 1.54) is 0 Å². The maximum absolute atomic E-state index is 12.6. The summed E-state index contributed by atoms with van der Waals surface area (Å²) in [5, 5.41) is 0.611. The van der Waals surface area contributed by atoms with Crippen molar-refractivity contribution in [2.45, 2.75) is 33.1 Å². The predicted octanol–water partition coefficient (Wildman–Crippen LogP) is 4.23.